The van der Waals surface area contributed by atoms with E-state index in [-0.39, 0.29) is 61.4 Å². The second-order valence-corrected chi connectivity index (χ2v) is 15.8. The molecule has 0 heterocycles. The van der Waals surface area contributed by atoms with Crippen LogP contribution < -0.4 is 21.3 Å². The number of likely N-dealkylation sites (N-methyl/N-ethyl adjacent to an activating group) is 1. The van der Waals surface area contributed by atoms with Crippen LogP contribution >= 0.6 is 11.8 Å². The van der Waals surface area contributed by atoms with Crippen LogP contribution in [0.25, 0.3) is 0 Å². The van der Waals surface area contributed by atoms with Gasteiger partial charge in [0.05, 0.1) is 18.3 Å². The molecule has 15 nitrogen and oxygen atoms in total. The van der Waals surface area contributed by atoms with Gasteiger partial charge in [0.2, 0.25) is 29.5 Å². The Labute approximate surface area is 330 Å². The van der Waals surface area contributed by atoms with Crippen molar-refractivity contribution in [2.75, 3.05) is 44.8 Å². The van der Waals surface area contributed by atoms with E-state index in [9.17, 15) is 38.4 Å². The molecule has 1 aromatic rings. The van der Waals surface area contributed by atoms with E-state index >= 15 is 0 Å². The van der Waals surface area contributed by atoms with Crippen molar-refractivity contribution in [1.82, 2.24) is 25.8 Å². The molecular weight excluding hydrogens is 729 g/mol. The van der Waals surface area contributed by atoms with Crippen LogP contribution in [0.5, 0.6) is 0 Å². The van der Waals surface area contributed by atoms with E-state index in [4.69, 9.17) is 4.74 Å². The summed E-state index contributed by atoms with van der Waals surface area (Å²) in [6.07, 6.45) is 3.97. The van der Waals surface area contributed by atoms with E-state index < -0.39 is 35.9 Å². The zero-order valence-corrected chi connectivity index (χ0v) is 34.5. The quantitative estimate of drug-likeness (QED) is 0.0795. The molecule has 0 radical (unpaired) electrons. The average Bonchev–Trinajstić information content (AvgIpc) is 3.13. The first-order chi connectivity index (χ1) is 26.0. The maximum Gasteiger partial charge on any atom is 0.410 e. The summed E-state index contributed by atoms with van der Waals surface area (Å²) < 4.78 is 5.36. The number of amides is 6. The standard InChI is InChI=1S/C39H62N6O9S/c1-26(2)18-23-55-31(17-21-46)38(52)44(7)20-11-9-10-12-32(48)43-34(27(3)4)36(50)41-24-33(49)42-30-15-13-29(14-16-30)25-54-39(53)45(8)35(28(5)6)37(51)40-19-22-47/h13-16,21-22,26-28,31,34-35H,9-12,17-20,23-25H2,1-8H3,(H,40,51)(H,41,50)(H,42,49)(H,43,48). The predicted octanol–water partition coefficient (Wildman–Crippen LogP) is 3.55. The van der Waals surface area contributed by atoms with Crippen molar-refractivity contribution in [2.24, 2.45) is 17.8 Å². The van der Waals surface area contributed by atoms with Gasteiger partial charge in [-0.3, -0.25) is 28.9 Å². The molecule has 0 saturated carbocycles. The zero-order valence-electron chi connectivity index (χ0n) is 33.7. The van der Waals surface area contributed by atoms with E-state index in [0.29, 0.717) is 49.3 Å². The highest BCUT2D eigenvalue weighted by molar-refractivity contribution is 8.00. The summed E-state index contributed by atoms with van der Waals surface area (Å²) in [5.74, 6) is -0.897. The van der Waals surface area contributed by atoms with Crippen LogP contribution in [0, 0.1) is 17.8 Å². The third-order valence-electron chi connectivity index (χ3n) is 8.63. The summed E-state index contributed by atoms with van der Waals surface area (Å²) in [4.78, 5) is 101. The van der Waals surface area contributed by atoms with Gasteiger partial charge >= 0.3 is 6.09 Å². The first-order valence-corrected chi connectivity index (χ1v) is 19.9. The number of rotatable bonds is 26. The summed E-state index contributed by atoms with van der Waals surface area (Å²) >= 11 is 1.52. The van der Waals surface area contributed by atoms with Crippen molar-refractivity contribution >= 4 is 65.7 Å². The topological polar surface area (TPSA) is 200 Å². The molecule has 0 aliphatic carbocycles. The normalized spacial score (nSPS) is 12.6. The Morgan fingerprint density at radius 1 is 0.818 bits per heavy atom. The lowest BCUT2D eigenvalue weighted by molar-refractivity contribution is -0.131. The molecule has 0 aliphatic heterocycles. The third-order valence-corrected chi connectivity index (χ3v) is 9.90. The molecule has 55 heavy (non-hydrogen) atoms. The molecule has 0 aromatic heterocycles. The Morgan fingerprint density at radius 2 is 1.49 bits per heavy atom. The number of hydrogen-bond acceptors (Lipinski definition) is 10. The van der Waals surface area contributed by atoms with Gasteiger partial charge in [-0.25, -0.2) is 4.79 Å². The Balaban J connectivity index is 2.50. The number of hydrogen-bond donors (Lipinski definition) is 4. The highest BCUT2D eigenvalue weighted by Gasteiger charge is 2.31. The molecule has 0 saturated heterocycles. The molecular formula is C39H62N6O9S. The minimum atomic E-state index is -0.838. The van der Waals surface area contributed by atoms with Crippen LogP contribution in [0.15, 0.2) is 24.3 Å². The predicted molar refractivity (Wildman–Crippen MR) is 213 cm³/mol. The number of thioether (sulfide) groups is 1. The van der Waals surface area contributed by atoms with Crippen LogP contribution in [0.2, 0.25) is 0 Å². The minimum Gasteiger partial charge on any atom is -0.445 e. The molecule has 4 N–H and O–H groups in total. The Morgan fingerprint density at radius 3 is 2.07 bits per heavy atom. The lowest BCUT2D eigenvalue weighted by Crippen LogP contribution is -2.51. The summed E-state index contributed by atoms with van der Waals surface area (Å²) in [5, 5.41) is 10.1. The van der Waals surface area contributed by atoms with Gasteiger partial charge in [0.15, 0.2) is 0 Å². The third kappa shape index (κ3) is 19.1. The Hall–Kier alpha value is -4.47. The number of carbonyl (C=O) groups excluding carboxylic acids is 8. The van der Waals surface area contributed by atoms with E-state index in [1.54, 1.807) is 63.9 Å². The van der Waals surface area contributed by atoms with Crippen molar-refractivity contribution in [3.63, 3.8) is 0 Å². The smallest absolute Gasteiger partial charge is 0.410 e. The molecule has 0 spiro atoms. The molecule has 0 aliphatic rings. The molecule has 3 atom stereocenters. The molecule has 0 bridgehead atoms. The Kier molecular flexibility index (Phi) is 23.3. The molecule has 308 valence electrons. The van der Waals surface area contributed by atoms with Crippen LogP contribution in [0.1, 0.15) is 85.6 Å². The van der Waals surface area contributed by atoms with Crippen LogP contribution in [-0.2, 0) is 44.9 Å². The summed E-state index contributed by atoms with van der Waals surface area (Å²) in [5.41, 5.74) is 1.08. The second kappa shape index (κ2) is 26.4. The largest absolute Gasteiger partial charge is 0.445 e. The summed E-state index contributed by atoms with van der Waals surface area (Å²) in [6.45, 7) is 11.3. The molecule has 1 aromatic carbocycles. The Bertz CT molecular complexity index is 1410. The second-order valence-electron chi connectivity index (χ2n) is 14.5. The first-order valence-electron chi connectivity index (χ1n) is 18.9. The number of unbranched alkanes of at least 4 members (excludes halogenated alkanes) is 2. The van der Waals surface area contributed by atoms with Crippen molar-refractivity contribution in [3.05, 3.63) is 29.8 Å². The molecule has 1 rings (SSSR count). The summed E-state index contributed by atoms with van der Waals surface area (Å²) in [6, 6.07) is 4.87. The van der Waals surface area contributed by atoms with Crippen LogP contribution in [0.3, 0.4) is 0 Å². The van der Waals surface area contributed by atoms with Gasteiger partial charge in [-0.1, -0.05) is 60.1 Å². The number of ether oxygens (including phenoxy) is 1. The van der Waals surface area contributed by atoms with Gasteiger partial charge in [0.1, 0.15) is 31.3 Å². The van der Waals surface area contributed by atoms with E-state index in [1.165, 1.54) is 23.7 Å². The van der Waals surface area contributed by atoms with Crippen LogP contribution in [0.4, 0.5) is 10.5 Å². The fraction of sp³-hybridized carbons (Fsp3) is 0.641. The number of aldehydes is 2. The van der Waals surface area contributed by atoms with Crippen molar-refractivity contribution in [2.45, 2.75) is 104 Å². The number of carbonyl (C=O) groups is 8. The van der Waals surface area contributed by atoms with Crippen molar-refractivity contribution in [3.8, 4) is 0 Å². The maximum absolute atomic E-state index is 12.9. The van der Waals surface area contributed by atoms with Crippen molar-refractivity contribution < 1.29 is 43.1 Å². The highest BCUT2D eigenvalue weighted by Crippen LogP contribution is 2.20. The lowest BCUT2D eigenvalue weighted by atomic mass is 10.0. The highest BCUT2D eigenvalue weighted by atomic mass is 32.2. The SMILES string of the molecule is CC(C)CCSC(CC=O)C(=O)N(C)CCCCCC(=O)NC(C(=O)NCC(=O)Nc1ccc(COC(=O)N(C)C(C(=O)NCC=O)C(C)C)cc1)C(C)C. The summed E-state index contributed by atoms with van der Waals surface area (Å²) in [7, 11) is 3.18. The minimum absolute atomic E-state index is 0.0603. The van der Waals surface area contributed by atoms with Crippen molar-refractivity contribution in [1.29, 1.82) is 0 Å². The van der Waals surface area contributed by atoms with Gasteiger partial charge in [0, 0.05) is 39.2 Å². The fourth-order valence-corrected chi connectivity index (χ4v) is 6.85. The van der Waals surface area contributed by atoms with Gasteiger partial charge in [0.25, 0.3) is 0 Å². The first kappa shape index (κ1) is 48.5. The van der Waals surface area contributed by atoms with E-state index in [1.807, 2.05) is 0 Å². The molecule has 3 unspecified atom stereocenters. The average molecular weight is 791 g/mol. The maximum atomic E-state index is 12.9. The zero-order chi connectivity index (χ0) is 41.5. The van der Waals surface area contributed by atoms with Gasteiger partial charge in [-0.2, -0.15) is 0 Å². The van der Waals surface area contributed by atoms with Gasteiger partial charge < -0.3 is 40.5 Å². The molecule has 0 fully saturated rings. The fourth-order valence-electron chi connectivity index (χ4n) is 5.42. The molecule has 6 amide bonds. The monoisotopic (exact) mass is 790 g/mol. The van der Waals surface area contributed by atoms with E-state index in [2.05, 4.69) is 35.1 Å². The number of nitrogens with one attached hydrogen (secondary N) is 4. The number of anilines is 1. The van der Waals surface area contributed by atoms with Gasteiger partial charge in [-0.15, -0.1) is 11.8 Å². The lowest BCUT2D eigenvalue weighted by Gasteiger charge is -2.29. The van der Waals surface area contributed by atoms with Gasteiger partial charge in [-0.05, 0) is 60.5 Å². The van der Waals surface area contributed by atoms with E-state index in [0.717, 1.165) is 18.5 Å². The van der Waals surface area contributed by atoms with Crippen LogP contribution in [-0.4, -0.2) is 115 Å². The number of nitrogens with zero attached hydrogens (tertiary/aromatic N) is 2. The number of benzene rings is 1. The molecule has 16 heteroatoms.